The average Bonchev–Trinajstić information content (AvgIpc) is 2.64. The zero-order valence-corrected chi connectivity index (χ0v) is 8.71. The highest BCUT2D eigenvalue weighted by Crippen LogP contribution is 2.09. The van der Waals surface area contributed by atoms with Crippen molar-refractivity contribution in [2.45, 2.75) is 13.5 Å². The van der Waals surface area contributed by atoms with E-state index in [0.29, 0.717) is 18.8 Å². The summed E-state index contributed by atoms with van der Waals surface area (Å²) in [6.45, 7) is 2.44. The third-order valence-electron chi connectivity index (χ3n) is 1.67. The van der Waals surface area contributed by atoms with Gasteiger partial charge in [0.15, 0.2) is 0 Å². The Morgan fingerprint density at radius 2 is 2.50 bits per heavy atom. The van der Waals surface area contributed by atoms with Crippen molar-refractivity contribution in [1.29, 1.82) is 0 Å². The molecular weight excluding hydrogens is 200 g/mol. The quantitative estimate of drug-likeness (QED) is 0.601. The van der Waals surface area contributed by atoms with Gasteiger partial charge in [-0.05, 0) is 24.4 Å². The predicted molar refractivity (Wildman–Crippen MR) is 55.4 cm³/mol. The lowest BCUT2D eigenvalue weighted by Crippen LogP contribution is -1.98. The number of thiophene rings is 1. The number of ether oxygens (including phenoxy) is 1. The van der Waals surface area contributed by atoms with Crippen LogP contribution in [0.5, 0.6) is 0 Å². The van der Waals surface area contributed by atoms with Crippen LogP contribution in [0.15, 0.2) is 29.2 Å². The van der Waals surface area contributed by atoms with Crippen molar-refractivity contribution in [1.82, 2.24) is 0 Å². The molecule has 1 N–H and O–H groups in total. The molecule has 0 aliphatic heterocycles. The molecule has 1 aromatic heterocycles. The molecule has 0 saturated carbocycles. The van der Waals surface area contributed by atoms with Crippen LogP contribution in [-0.4, -0.2) is 17.7 Å². The third kappa shape index (κ3) is 3.72. The van der Waals surface area contributed by atoms with Crippen molar-refractivity contribution in [3.63, 3.8) is 0 Å². The number of carbonyl (C=O) groups is 1. The maximum atomic E-state index is 10.4. The Bertz CT molecular complexity index is 314. The molecule has 14 heavy (non-hydrogen) atoms. The number of hydrogen-bond acceptors (Lipinski definition) is 3. The highest BCUT2D eigenvalue weighted by atomic mass is 32.1. The van der Waals surface area contributed by atoms with Crippen molar-refractivity contribution in [3.8, 4) is 0 Å². The van der Waals surface area contributed by atoms with Crippen LogP contribution >= 0.6 is 11.3 Å². The van der Waals surface area contributed by atoms with Crippen LogP contribution < -0.4 is 0 Å². The van der Waals surface area contributed by atoms with Crippen LogP contribution in [-0.2, 0) is 16.1 Å². The van der Waals surface area contributed by atoms with Gasteiger partial charge in [-0.25, -0.2) is 4.79 Å². The Morgan fingerprint density at radius 3 is 3.07 bits per heavy atom. The lowest BCUT2D eigenvalue weighted by atomic mass is 10.3. The molecule has 0 bridgehead atoms. The van der Waals surface area contributed by atoms with Crippen molar-refractivity contribution in [2.75, 3.05) is 6.61 Å². The highest BCUT2D eigenvalue weighted by molar-refractivity contribution is 7.09. The van der Waals surface area contributed by atoms with Gasteiger partial charge in [-0.3, -0.25) is 0 Å². The van der Waals surface area contributed by atoms with E-state index in [4.69, 9.17) is 9.84 Å². The molecule has 0 amide bonds. The van der Waals surface area contributed by atoms with Crippen LogP contribution in [0.4, 0.5) is 0 Å². The first kappa shape index (κ1) is 10.9. The van der Waals surface area contributed by atoms with Gasteiger partial charge in [0.05, 0.1) is 13.2 Å². The maximum Gasteiger partial charge on any atom is 0.331 e. The average molecular weight is 212 g/mol. The summed E-state index contributed by atoms with van der Waals surface area (Å²) < 4.78 is 5.27. The summed E-state index contributed by atoms with van der Waals surface area (Å²) in [5.41, 5.74) is 0.316. The zero-order valence-electron chi connectivity index (χ0n) is 7.90. The van der Waals surface area contributed by atoms with E-state index in [-0.39, 0.29) is 0 Å². The van der Waals surface area contributed by atoms with Crippen LogP contribution in [0, 0.1) is 0 Å². The van der Waals surface area contributed by atoms with Gasteiger partial charge in [-0.2, -0.15) is 0 Å². The zero-order chi connectivity index (χ0) is 10.4. The Kier molecular flexibility index (Phi) is 4.35. The van der Waals surface area contributed by atoms with E-state index in [1.807, 2.05) is 17.5 Å². The Hall–Kier alpha value is -1.13. The summed E-state index contributed by atoms with van der Waals surface area (Å²) in [4.78, 5) is 11.5. The van der Waals surface area contributed by atoms with Gasteiger partial charge in [0.1, 0.15) is 0 Å². The molecule has 0 spiro atoms. The molecule has 0 saturated heterocycles. The molecule has 0 aliphatic rings. The van der Waals surface area contributed by atoms with Gasteiger partial charge in [-0.15, -0.1) is 11.3 Å². The van der Waals surface area contributed by atoms with Crippen LogP contribution in [0.1, 0.15) is 11.8 Å². The third-order valence-corrected chi connectivity index (χ3v) is 2.52. The molecule has 76 valence electrons. The lowest BCUT2D eigenvalue weighted by Gasteiger charge is -1.98. The molecule has 0 radical (unpaired) electrons. The first-order valence-corrected chi connectivity index (χ1v) is 5.08. The minimum atomic E-state index is -0.898. The summed E-state index contributed by atoms with van der Waals surface area (Å²) >= 11 is 1.63. The Labute approximate surface area is 86.6 Å². The summed E-state index contributed by atoms with van der Waals surface area (Å²) in [6, 6.07) is 3.94. The largest absolute Gasteiger partial charge is 0.478 e. The van der Waals surface area contributed by atoms with E-state index in [2.05, 4.69) is 0 Å². The predicted octanol–water partition coefficient (Wildman–Crippen LogP) is 2.30. The second-order valence-electron chi connectivity index (χ2n) is 2.79. The minimum absolute atomic E-state index is 0.316. The first-order chi connectivity index (χ1) is 6.70. The monoisotopic (exact) mass is 212 g/mol. The van der Waals surface area contributed by atoms with Crippen LogP contribution in [0.25, 0.3) is 0 Å². The van der Waals surface area contributed by atoms with Crippen molar-refractivity contribution in [2.24, 2.45) is 0 Å². The van der Waals surface area contributed by atoms with E-state index in [1.165, 1.54) is 0 Å². The smallest absolute Gasteiger partial charge is 0.331 e. The van der Waals surface area contributed by atoms with Crippen LogP contribution in [0.2, 0.25) is 0 Å². The van der Waals surface area contributed by atoms with E-state index in [1.54, 1.807) is 24.3 Å². The molecule has 1 heterocycles. The van der Waals surface area contributed by atoms with Crippen molar-refractivity contribution >= 4 is 17.3 Å². The Balaban J connectivity index is 2.23. The van der Waals surface area contributed by atoms with Gasteiger partial charge in [-0.1, -0.05) is 6.07 Å². The molecule has 0 unspecified atom stereocenters. The van der Waals surface area contributed by atoms with E-state index < -0.39 is 5.97 Å². The second-order valence-corrected chi connectivity index (χ2v) is 3.82. The number of hydrogen-bond donors (Lipinski definition) is 1. The molecule has 1 aromatic rings. The fourth-order valence-corrected chi connectivity index (χ4v) is 1.47. The van der Waals surface area contributed by atoms with Gasteiger partial charge in [0, 0.05) is 10.5 Å². The van der Waals surface area contributed by atoms with Crippen molar-refractivity contribution < 1.29 is 14.6 Å². The SMILES string of the molecule is CC(=CCOCc1cccs1)C(=O)O. The number of aliphatic carboxylic acids is 1. The first-order valence-electron chi connectivity index (χ1n) is 4.20. The molecule has 0 atom stereocenters. The van der Waals surface area contributed by atoms with Gasteiger partial charge in [0.25, 0.3) is 0 Å². The standard InChI is InChI=1S/C10H12O3S/c1-8(10(11)12)4-5-13-7-9-3-2-6-14-9/h2-4,6H,5,7H2,1H3,(H,11,12). The fraction of sp³-hybridized carbons (Fsp3) is 0.300. The van der Waals surface area contributed by atoms with E-state index in [9.17, 15) is 4.79 Å². The van der Waals surface area contributed by atoms with Crippen LogP contribution in [0.3, 0.4) is 0 Å². The second kappa shape index (κ2) is 5.57. The van der Waals surface area contributed by atoms with Gasteiger partial charge < -0.3 is 9.84 Å². The van der Waals surface area contributed by atoms with E-state index >= 15 is 0 Å². The number of carboxylic acids is 1. The van der Waals surface area contributed by atoms with E-state index in [0.717, 1.165) is 4.88 Å². The number of rotatable bonds is 5. The molecule has 3 nitrogen and oxygen atoms in total. The van der Waals surface area contributed by atoms with Gasteiger partial charge in [0.2, 0.25) is 0 Å². The number of carboxylic acid groups (broad SMARTS) is 1. The summed E-state index contributed by atoms with van der Waals surface area (Å²) in [5.74, 6) is -0.898. The normalized spacial score (nSPS) is 11.6. The maximum absolute atomic E-state index is 10.4. The molecule has 1 rings (SSSR count). The topological polar surface area (TPSA) is 46.5 Å². The summed E-state index contributed by atoms with van der Waals surface area (Å²) in [7, 11) is 0. The highest BCUT2D eigenvalue weighted by Gasteiger charge is 1.98. The molecule has 0 aliphatic carbocycles. The Morgan fingerprint density at radius 1 is 1.71 bits per heavy atom. The molecular formula is C10H12O3S. The van der Waals surface area contributed by atoms with Crippen molar-refractivity contribution in [3.05, 3.63) is 34.0 Å². The molecule has 0 fully saturated rings. The molecule has 0 aromatic carbocycles. The summed E-state index contributed by atoms with van der Waals surface area (Å²) in [5, 5.41) is 10.5. The fourth-order valence-electron chi connectivity index (χ4n) is 0.825. The molecule has 4 heteroatoms. The van der Waals surface area contributed by atoms with Gasteiger partial charge >= 0.3 is 5.97 Å². The summed E-state index contributed by atoms with van der Waals surface area (Å²) in [6.07, 6.45) is 1.57. The lowest BCUT2D eigenvalue weighted by molar-refractivity contribution is -0.132. The minimum Gasteiger partial charge on any atom is -0.478 e.